The average molecular weight is 338 g/mol. The molecule has 0 heterocycles. The SMILES string of the molecule is O=C(Nc1cc(Cl)ccc1[N+](=O)[O-])c1cc(F)cc(B(O)O)c1. The van der Waals surface area contributed by atoms with Crippen LogP contribution in [0.3, 0.4) is 0 Å². The van der Waals surface area contributed by atoms with Crippen LogP contribution in [0, 0.1) is 15.9 Å². The fraction of sp³-hybridized carbons (Fsp3) is 0. The molecule has 0 aromatic heterocycles. The van der Waals surface area contributed by atoms with Crippen molar-refractivity contribution in [3.05, 3.63) is 62.9 Å². The van der Waals surface area contributed by atoms with Crippen molar-refractivity contribution in [2.75, 3.05) is 5.32 Å². The average Bonchev–Trinajstić information content (AvgIpc) is 2.46. The van der Waals surface area contributed by atoms with Crippen molar-refractivity contribution in [3.8, 4) is 0 Å². The first-order valence-electron chi connectivity index (χ1n) is 6.20. The summed E-state index contributed by atoms with van der Waals surface area (Å²) < 4.78 is 13.4. The third-order valence-electron chi connectivity index (χ3n) is 2.88. The number of nitrogens with one attached hydrogen (secondary N) is 1. The predicted octanol–water partition coefficient (Wildman–Crippen LogP) is 1.32. The Labute approximate surface area is 134 Å². The molecule has 0 aliphatic rings. The minimum Gasteiger partial charge on any atom is -0.423 e. The van der Waals surface area contributed by atoms with E-state index in [0.29, 0.717) is 0 Å². The van der Waals surface area contributed by atoms with Gasteiger partial charge >= 0.3 is 7.12 Å². The van der Waals surface area contributed by atoms with Gasteiger partial charge in [0.25, 0.3) is 11.6 Å². The summed E-state index contributed by atoms with van der Waals surface area (Å²) in [6.07, 6.45) is 0. The lowest BCUT2D eigenvalue weighted by Gasteiger charge is -2.08. The number of nitrogens with zero attached hydrogens (tertiary/aromatic N) is 1. The van der Waals surface area contributed by atoms with Crippen LogP contribution in [0.1, 0.15) is 10.4 Å². The molecule has 3 N–H and O–H groups in total. The van der Waals surface area contributed by atoms with Gasteiger partial charge in [-0.05, 0) is 35.8 Å². The summed E-state index contributed by atoms with van der Waals surface area (Å²) in [4.78, 5) is 22.3. The minimum absolute atomic E-state index is 0.164. The molecule has 0 fully saturated rings. The maximum atomic E-state index is 13.4. The van der Waals surface area contributed by atoms with E-state index >= 15 is 0 Å². The molecule has 0 unspecified atom stereocenters. The number of benzene rings is 2. The molecule has 0 spiro atoms. The Balaban J connectivity index is 2.36. The smallest absolute Gasteiger partial charge is 0.423 e. The number of anilines is 1. The maximum absolute atomic E-state index is 13.4. The van der Waals surface area contributed by atoms with E-state index in [9.17, 15) is 19.3 Å². The van der Waals surface area contributed by atoms with Gasteiger partial charge in [0.05, 0.1) is 4.92 Å². The lowest BCUT2D eigenvalue weighted by Crippen LogP contribution is -2.31. The van der Waals surface area contributed by atoms with E-state index in [1.807, 2.05) is 0 Å². The van der Waals surface area contributed by atoms with Crippen molar-refractivity contribution in [2.45, 2.75) is 0 Å². The molecule has 2 aromatic rings. The summed E-state index contributed by atoms with van der Waals surface area (Å²) in [5, 5.41) is 31.4. The van der Waals surface area contributed by atoms with Gasteiger partial charge < -0.3 is 15.4 Å². The Kier molecular flexibility index (Phi) is 4.94. The van der Waals surface area contributed by atoms with Crippen LogP contribution in [0.2, 0.25) is 5.02 Å². The zero-order valence-electron chi connectivity index (χ0n) is 11.4. The first kappa shape index (κ1) is 16.9. The van der Waals surface area contributed by atoms with Gasteiger partial charge in [0.1, 0.15) is 11.5 Å². The summed E-state index contributed by atoms with van der Waals surface area (Å²) in [5.74, 6) is -1.72. The molecule has 118 valence electrons. The molecule has 0 saturated carbocycles. The van der Waals surface area contributed by atoms with Gasteiger partial charge in [0, 0.05) is 16.7 Å². The van der Waals surface area contributed by atoms with Crippen LogP contribution in [-0.4, -0.2) is 28.0 Å². The highest BCUT2D eigenvalue weighted by atomic mass is 35.5. The second-order valence-corrected chi connectivity index (χ2v) is 4.96. The summed E-state index contributed by atoms with van der Waals surface area (Å²) in [6, 6.07) is 6.35. The number of nitro benzene ring substituents is 1. The van der Waals surface area contributed by atoms with Crippen LogP contribution in [0.15, 0.2) is 36.4 Å². The molecule has 0 atom stereocenters. The normalized spacial score (nSPS) is 10.3. The molecular weight excluding hydrogens is 329 g/mol. The van der Waals surface area contributed by atoms with E-state index in [4.69, 9.17) is 21.6 Å². The van der Waals surface area contributed by atoms with Crippen LogP contribution >= 0.6 is 11.6 Å². The molecule has 2 aromatic carbocycles. The second kappa shape index (κ2) is 6.74. The monoisotopic (exact) mass is 338 g/mol. The van der Waals surface area contributed by atoms with Gasteiger partial charge in [-0.2, -0.15) is 0 Å². The van der Waals surface area contributed by atoms with Crippen LogP contribution in [0.4, 0.5) is 15.8 Å². The van der Waals surface area contributed by atoms with Crippen LogP contribution < -0.4 is 10.8 Å². The number of hydrogen-bond donors (Lipinski definition) is 3. The van der Waals surface area contributed by atoms with Crippen molar-refractivity contribution in [3.63, 3.8) is 0 Å². The number of amides is 1. The molecule has 0 aliphatic heterocycles. The summed E-state index contributed by atoms with van der Waals surface area (Å²) in [7, 11) is -1.96. The van der Waals surface area contributed by atoms with Gasteiger partial charge in [-0.3, -0.25) is 14.9 Å². The van der Waals surface area contributed by atoms with Crippen molar-refractivity contribution in [1.82, 2.24) is 0 Å². The predicted molar refractivity (Wildman–Crippen MR) is 82.3 cm³/mol. The van der Waals surface area contributed by atoms with E-state index < -0.39 is 23.8 Å². The third-order valence-corrected chi connectivity index (χ3v) is 3.12. The fourth-order valence-corrected chi connectivity index (χ4v) is 2.03. The molecule has 1 amide bonds. The quantitative estimate of drug-likeness (QED) is 0.442. The van der Waals surface area contributed by atoms with Gasteiger partial charge in [-0.25, -0.2) is 4.39 Å². The molecule has 0 radical (unpaired) electrons. The molecule has 0 bridgehead atoms. The first-order chi connectivity index (χ1) is 10.8. The number of carbonyl (C=O) groups is 1. The topological polar surface area (TPSA) is 113 Å². The largest absolute Gasteiger partial charge is 0.488 e. The molecule has 0 saturated heterocycles. The minimum atomic E-state index is -1.96. The lowest BCUT2D eigenvalue weighted by molar-refractivity contribution is -0.383. The Morgan fingerprint density at radius 3 is 2.57 bits per heavy atom. The highest BCUT2D eigenvalue weighted by molar-refractivity contribution is 6.58. The number of hydrogen-bond acceptors (Lipinski definition) is 5. The summed E-state index contributed by atoms with van der Waals surface area (Å²) >= 11 is 5.74. The van der Waals surface area contributed by atoms with E-state index in [0.717, 1.165) is 24.3 Å². The summed E-state index contributed by atoms with van der Waals surface area (Å²) in [6.45, 7) is 0. The van der Waals surface area contributed by atoms with Crippen molar-refractivity contribution >= 4 is 41.5 Å². The molecule has 0 aliphatic carbocycles. The van der Waals surface area contributed by atoms with Gasteiger partial charge in [0.15, 0.2) is 0 Å². The van der Waals surface area contributed by atoms with Crippen LogP contribution in [-0.2, 0) is 0 Å². The second-order valence-electron chi connectivity index (χ2n) is 4.52. The zero-order chi connectivity index (χ0) is 17.1. The number of carbonyl (C=O) groups excluding carboxylic acids is 1. The molecular formula is C13H9BClFN2O5. The maximum Gasteiger partial charge on any atom is 0.488 e. The Bertz CT molecular complexity index is 787. The highest BCUT2D eigenvalue weighted by Gasteiger charge is 2.20. The van der Waals surface area contributed by atoms with Crippen molar-refractivity contribution in [1.29, 1.82) is 0 Å². The zero-order valence-corrected chi connectivity index (χ0v) is 12.1. The Morgan fingerprint density at radius 1 is 1.26 bits per heavy atom. The van der Waals surface area contributed by atoms with Gasteiger partial charge in [-0.15, -0.1) is 0 Å². The number of halogens is 2. The van der Waals surface area contributed by atoms with E-state index in [1.165, 1.54) is 12.1 Å². The van der Waals surface area contributed by atoms with Crippen LogP contribution in [0.25, 0.3) is 0 Å². The fourth-order valence-electron chi connectivity index (χ4n) is 1.85. The Morgan fingerprint density at radius 2 is 1.96 bits per heavy atom. The standard InChI is InChI=1S/C13H9BClFN2O5/c15-9-1-2-12(18(22)23)11(6-9)17-13(19)7-3-8(14(20)21)5-10(16)4-7/h1-6,20-21H,(H,17,19). The van der Waals surface area contributed by atoms with E-state index in [1.54, 1.807) is 0 Å². The Hall–Kier alpha value is -2.49. The number of rotatable bonds is 4. The van der Waals surface area contributed by atoms with Crippen molar-refractivity contribution < 1.29 is 24.2 Å². The highest BCUT2D eigenvalue weighted by Crippen LogP contribution is 2.28. The first-order valence-corrected chi connectivity index (χ1v) is 6.57. The number of nitro groups is 1. The van der Waals surface area contributed by atoms with E-state index in [2.05, 4.69) is 5.32 Å². The third kappa shape index (κ3) is 4.04. The van der Waals surface area contributed by atoms with E-state index in [-0.39, 0.29) is 27.4 Å². The lowest BCUT2D eigenvalue weighted by atomic mass is 9.79. The molecule has 7 nitrogen and oxygen atoms in total. The van der Waals surface area contributed by atoms with Crippen molar-refractivity contribution in [2.24, 2.45) is 0 Å². The molecule has 23 heavy (non-hydrogen) atoms. The van der Waals surface area contributed by atoms with Gasteiger partial charge in [0.2, 0.25) is 0 Å². The van der Waals surface area contributed by atoms with Crippen LogP contribution in [0.5, 0.6) is 0 Å². The summed E-state index contributed by atoms with van der Waals surface area (Å²) in [5.41, 5.74) is -1.01. The van der Waals surface area contributed by atoms with Gasteiger partial charge in [-0.1, -0.05) is 11.6 Å². The molecule has 2 rings (SSSR count). The molecule has 10 heteroatoms.